The van der Waals surface area contributed by atoms with Crippen LogP contribution in [0.3, 0.4) is 0 Å². The minimum Gasteiger partial charge on any atom is -0.354 e. The highest BCUT2D eigenvalue weighted by atomic mass is 35.5. The lowest BCUT2D eigenvalue weighted by atomic mass is 9.49. The molecule has 0 radical (unpaired) electrons. The van der Waals surface area contributed by atoms with Crippen LogP contribution in [0.25, 0.3) is 0 Å². The molecule has 0 aromatic rings. The van der Waals surface area contributed by atoms with Gasteiger partial charge < -0.3 is 15.5 Å². The highest BCUT2D eigenvalue weighted by Crippen LogP contribution is 2.60. The van der Waals surface area contributed by atoms with Crippen molar-refractivity contribution in [1.29, 1.82) is 0 Å². The summed E-state index contributed by atoms with van der Waals surface area (Å²) in [6, 6.07) is -0.220. The smallest absolute Gasteiger partial charge is 0.242 e. The van der Waals surface area contributed by atoms with E-state index in [0.29, 0.717) is 11.8 Å². The number of nitrogens with zero attached hydrogens (tertiary/aromatic N) is 1. The molecular formula is C22H36ClN3O2. The molecule has 4 bridgehead atoms. The third-order valence-corrected chi connectivity index (χ3v) is 8.27. The van der Waals surface area contributed by atoms with Crippen molar-refractivity contribution in [2.24, 2.45) is 29.1 Å². The van der Waals surface area contributed by atoms with Crippen LogP contribution in [0.4, 0.5) is 0 Å². The summed E-state index contributed by atoms with van der Waals surface area (Å²) in [5.74, 6) is 3.28. The molecule has 2 aliphatic heterocycles. The molecule has 6 heteroatoms. The van der Waals surface area contributed by atoms with Crippen LogP contribution < -0.4 is 10.6 Å². The van der Waals surface area contributed by atoms with E-state index in [9.17, 15) is 9.59 Å². The third kappa shape index (κ3) is 3.69. The molecule has 2 amide bonds. The van der Waals surface area contributed by atoms with E-state index in [2.05, 4.69) is 10.6 Å². The second-order valence-corrected chi connectivity index (χ2v) is 10.3. The summed E-state index contributed by atoms with van der Waals surface area (Å²) >= 11 is 0. The molecule has 28 heavy (non-hydrogen) atoms. The summed E-state index contributed by atoms with van der Waals surface area (Å²) in [4.78, 5) is 28.5. The van der Waals surface area contributed by atoms with E-state index >= 15 is 0 Å². The van der Waals surface area contributed by atoms with E-state index in [1.54, 1.807) is 0 Å². The third-order valence-electron chi connectivity index (χ3n) is 8.27. The van der Waals surface area contributed by atoms with Crippen molar-refractivity contribution in [2.45, 2.75) is 70.3 Å². The Morgan fingerprint density at radius 2 is 1.68 bits per heavy atom. The number of carbonyl (C=O) groups excluding carboxylic acids is 2. The maximum Gasteiger partial charge on any atom is 0.242 e. The summed E-state index contributed by atoms with van der Waals surface area (Å²) in [7, 11) is 0. The van der Waals surface area contributed by atoms with Gasteiger partial charge in [-0.15, -0.1) is 12.4 Å². The molecule has 2 atom stereocenters. The highest BCUT2D eigenvalue weighted by molar-refractivity contribution is 5.91. The van der Waals surface area contributed by atoms with Crippen LogP contribution >= 0.6 is 12.4 Å². The number of amides is 2. The normalized spacial score (nSPS) is 41.6. The molecule has 4 saturated carbocycles. The number of likely N-dealkylation sites (tertiary alicyclic amines) is 1. The number of nitrogens with one attached hydrogen (secondary N) is 2. The summed E-state index contributed by atoms with van der Waals surface area (Å²) in [5.41, 5.74) is -0.120. The summed E-state index contributed by atoms with van der Waals surface area (Å²) in [6.45, 7) is 3.63. The topological polar surface area (TPSA) is 61.4 Å². The van der Waals surface area contributed by atoms with Gasteiger partial charge in [-0.1, -0.05) is 0 Å². The summed E-state index contributed by atoms with van der Waals surface area (Å²) in [5, 5.41) is 6.59. The van der Waals surface area contributed by atoms with Crippen molar-refractivity contribution in [1.82, 2.24) is 15.5 Å². The van der Waals surface area contributed by atoms with Gasteiger partial charge in [0.15, 0.2) is 0 Å². The van der Waals surface area contributed by atoms with E-state index < -0.39 is 0 Å². The van der Waals surface area contributed by atoms with E-state index in [4.69, 9.17) is 0 Å². The maximum absolute atomic E-state index is 13.7. The number of piperidine rings is 1. The van der Waals surface area contributed by atoms with Gasteiger partial charge >= 0.3 is 0 Å². The lowest BCUT2D eigenvalue weighted by Gasteiger charge is -2.56. The number of carbonyl (C=O) groups is 2. The van der Waals surface area contributed by atoms with Crippen LogP contribution in [-0.4, -0.2) is 48.9 Å². The molecule has 2 heterocycles. The van der Waals surface area contributed by atoms with Gasteiger partial charge in [-0.25, -0.2) is 0 Å². The van der Waals surface area contributed by atoms with Crippen LogP contribution in [0.5, 0.6) is 0 Å². The molecular weight excluding hydrogens is 374 g/mol. The van der Waals surface area contributed by atoms with E-state index in [0.717, 1.165) is 76.0 Å². The molecule has 6 fully saturated rings. The largest absolute Gasteiger partial charge is 0.354 e. The minimum atomic E-state index is -0.220. The fourth-order valence-electron chi connectivity index (χ4n) is 7.42. The highest BCUT2D eigenvalue weighted by Gasteiger charge is 2.56. The predicted octanol–water partition coefficient (Wildman–Crippen LogP) is 2.73. The molecule has 5 nitrogen and oxygen atoms in total. The Kier molecular flexibility index (Phi) is 5.95. The number of hydrogen-bond donors (Lipinski definition) is 2. The van der Waals surface area contributed by atoms with Gasteiger partial charge in [0.1, 0.15) is 6.04 Å². The number of rotatable bonds is 4. The fourth-order valence-corrected chi connectivity index (χ4v) is 7.42. The van der Waals surface area contributed by atoms with E-state index in [1.165, 1.54) is 32.1 Å². The van der Waals surface area contributed by atoms with Crippen molar-refractivity contribution in [2.75, 3.05) is 26.2 Å². The predicted molar refractivity (Wildman–Crippen MR) is 111 cm³/mol. The van der Waals surface area contributed by atoms with E-state index in [1.807, 2.05) is 4.90 Å². The average molecular weight is 410 g/mol. The Hall–Kier alpha value is -0.810. The van der Waals surface area contributed by atoms with Crippen LogP contribution in [0.2, 0.25) is 0 Å². The Morgan fingerprint density at radius 3 is 2.29 bits per heavy atom. The standard InChI is InChI=1S/C22H35N3O2.ClH/c26-20(24-14-15-3-1-5-23-13-15)19-4-2-6-25(19)21(27)22-10-16-7-17(11-22)9-18(8-16)12-22;/h15-19,23H,1-14H2,(H,24,26);1H. The first-order valence-corrected chi connectivity index (χ1v) is 11.4. The van der Waals surface area contributed by atoms with Gasteiger partial charge in [0, 0.05) is 13.1 Å². The zero-order chi connectivity index (χ0) is 18.4. The Bertz CT molecular complexity index is 569. The van der Waals surface area contributed by atoms with Crippen molar-refractivity contribution >= 4 is 24.2 Å². The monoisotopic (exact) mass is 409 g/mol. The van der Waals surface area contributed by atoms with Crippen molar-refractivity contribution in [3.63, 3.8) is 0 Å². The molecule has 0 aromatic heterocycles. The zero-order valence-electron chi connectivity index (χ0n) is 17.0. The summed E-state index contributed by atoms with van der Waals surface area (Å²) < 4.78 is 0. The molecule has 2 unspecified atom stereocenters. The lowest BCUT2D eigenvalue weighted by Crippen LogP contribution is -2.57. The average Bonchev–Trinajstić information content (AvgIpc) is 3.15. The fraction of sp³-hybridized carbons (Fsp3) is 0.909. The first-order chi connectivity index (χ1) is 13.1. The molecule has 4 aliphatic carbocycles. The second kappa shape index (κ2) is 8.14. The van der Waals surface area contributed by atoms with Crippen LogP contribution in [0.1, 0.15) is 64.2 Å². The Labute approximate surface area is 175 Å². The Balaban J connectivity index is 0.00000192. The zero-order valence-corrected chi connectivity index (χ0v) is 17.8. The number of hydrogen-bond acceptors (Lipinski definition) is 3. The van der Waals surface area contributed by atoms with Gasteiger partial charge in [-0.3, -0.25) is 9.59 Å². The first kappa shape index (κ1) is 20.5. The van der Waals surface area contributed by atoms with Gasteiger partial charge in [-0.2, -0.15) is 0 Å². The van der Waals surface area contributed by atoms with Gasteiger partial charge in [0.05, 0.1) is 5.41 Å². The quantitative estimate of drug-likeness (QED) is 0.750. The van der Waals surface area contributed by atoms with Crippen LogP contribution in [0, 0.1) is 29.1 Å². The molecule has 6 aliphatic rings. The molecule has 2 saturated heterocycles. The SMILES string of the molecule is Cl.O=C(NCC1CCCNC1)C1CCCN1C(=O)C12CC3CC(CC(C3)C1)C2. The van der Waals surface area contributed by atoms with E-state index in [-0.39, 0.29) is 29.8 Å². The van der Waals surface area contributed by atoms with Crippen molar-refractivity contribution in [3.05, 3.63) is 0 Å². The lowest BCUT2D eigenvalue weighted by molar-refractivity contribution is -0.160. The van der Waals surface area contributed by atoms with Gasteiger partial charge in [0.25, 0.3) is 0 Å². The first-order valence-electron chi connectivity index (χ1n) is 11.4. The van der Waals surface area contributed by atoms with Gasteiger partial charge in [0.2, 0.25) is 11.8 Å². The molecule has 6 rings (SSSR count). The minimum absolute atomic E-state index is 0. The molecule has 158 valence electrons. The van der Waals surface area contributed by atoms with Crippen molar-refractivity contribution < 1.29 is 9.59 Å². The summed E-state index contributed by atoms with van der Waals surface area (Å²) in [6.07, 6.45) is 11.5. The van der Waals surface area contributed by atoms with Crippen LogP contribution in [0.15, 0.2) is 0 Å². The maximum atomic E-state index is 13.7. The molecule has 0 spiro atoms. The second-order valence-electron chi connectivity index (χ2n) is 10.3. The number of halogens is 1. The molecule has 0 aromatic carbocycles. The Morgan fingerprint density at radius 1 is 1.00 bits per heavy atom. The van der Waals surface area contributed by atoms with Gasteiger partial charge in [-0.05, 0) is 101 Å². The molecule has 2 N–H and O–H groups in total. The van der Waals surface area contributed by atoms with Crippen LogP contribution in [-0.2, 0) is 9.59 Å². The van der Waals surface area contributed by atoms with Crippen molar-refractivity contribution in [3.8, 4) is 0 Å².